The van der Waals surface area contributed by atoms with Crippen LogP contribution in [0.1, 0.15) is 34.7 Å². The molecule has 1 saturated heterocycles. The molecular weight excluding hydrogens is 304 g/mol. The molecule has 2 heterocycles. The summed E-state index contributed by atoms with van der Waals surface area (Å²) in [5.74, 6) is -0.145. The van der Waals surface area contributed by atoms with E-state index in [1.54, 1.807) is 0 Å². The smallest absolute Gasteiger partial charge is 0.272 e. The maximum absolute atomic E-state index is 12.6. The van der Waals surface area contributed by atoms with Crippen LogP contribution in [0.15, 0.2) is 36.4 Å². The number of nitrogens with zero attached hydrogens (tertiary/aromatic N) is 2. The maximum Gasteiger partial charge on any atom is 0.272 e. The number of rotatable bonds is 6. The van der Waals surface area contributed by atoms with E-state index in [1.807, 2.05) is 43.3 Å². The Bertz CT molecular complexity index is 650. The minimum absolute atomic E-state index is 0.0708. The number of amides is 1. The van der Waals surface area contributed by atoms with Crippen molar-refractivity contribution in [2.45, 2.75) is 19.4 Å². The summed E-state index contributed by atoms with van der Waals surface area (Å²) in [7, 11) is 0. The molecular formula is C18H24N4O2. The van der Waals surface area contributed by atoms with Crippen molar-refractivity contribution >= 4 is 5.91 Å². The van der Waals surface area contributed by atoms with Crippen molar-refractivity contribution in [2.75, 3.05) is 32.8 Å². The lowest BCUT2D eigenvalue weighted by atomic mass is 10.1. The van der Waals surface area contributed by atoms with Crippen molar-refractivity contribution in [3.63, 3.8) is 0 Å². The van der Waals surface area contributed by atoms with E-state index in [1.165, 1.54) is 0 Å². The first kappa shape index (κ1) is 16.7. The monoisotopic (exact) mass is 328 g/mol. The van der Waals surface area contributed by atoms with Gasteiger partial charge in [0.15, 0.2) is 0 Å². The van der Waals surface area contributed by atoms with Crippen LogP contribution in [0.5, 0.6) is 0 Å². The van der Waals surface area contributed by atoms with E-state index in [9.17, 15) is 4.79 Å². The molecule has 1 aromatic carbocycles. The van der Waals surface area contributed by atoms with Gasteiger partial charge in [0, 0.05) is 25.3 Å². The quantitative estimate of drug-likeness (QED) is 0.848. The average molecular weight is 328 g/mol. The van der Waals surface area contributed by atoms with Gasteiger partial charge in [-0.25, -0.2) is 0 Å². The highest BCUT2D eigenvalue weighted by Crippen LogP contribution is 2.16. The number of carbonyl (C=O) groups is 1. The summed E-state index contributed by atoms with van der Waals surface area (Å²) in [6.07, 6.45) is 0.830. The third-order valence-electron chi connectivity index (χ3n) is 4.30. The van der Waals surface area contributed by atoms with Crippen LogP contribution >= 0.6 is 0 Å². The van der Waals surface area contributed by atoms with Crippen LogP contribution in [0.2, 0.25) is 0 Å². The first-order valence-corrected chi connectivity index (χ1v) is 8.46. The Kier molecular flexibility index (Phi) is 5.61. The number of aromatic amines is 1. The van der Waals surface area contributed by atoms with E-state index in [-0.39, 0.29) is 11.9 Å². The number of hydrogen-bond acceptors (Lipinski definition) is 4. The van der Waals surface area contributed by atoms with Crippen molar-refractivity contribution < 1.29 is 9.53 Å². The Labute approximate surface area is 142 Å². The van der Waals surface area contributed by atoms with Crippen molar-refractivity contribution in [2.24, 2.45) is 0 Å². The molecule has 1 unspecified atom stereocenters. The Morgan fingerprint density at radius 2 is 2.08 bits per heavy atom. The fourth-order valence-electron chi connectivity index (χ4n) is 2.85. The Hall–Kier alpha value is -2.18. The molecule has 6 heteroatoms. The molecule has 1 aliphatic rings. The van der Waals surface area contributed by atoms with Crippen LogP contribution in [-0.4, -0.2) is 53.9 Å². The second kappa shape index (κ2) is 8.08. The van der Waals surface area contributed by atoms with E-state index in [0.29, 0.717) is 5.69 Å². The Morgan fingerprint density at radius 3 is 2.75 bits per heavy atom. The molecule has 128 valence electrons. The predicted molar refractivity (Wildman–Crippen MR) is 91.9 cm³/mol. The van der Waals surface area contributed by atoms with E-state index in [0.717, 1.165) is 50.5 Å². The molecule has 1 aromatic heterocycles. The first-order valence-electron chi connectivity index (χ1n) is 8.46. The number of benzene rings is 1. The molecule has 0 bridgehead atoms. The van der Waals surface area contributed by atoms with Crippen molar-refractivity contribution in [1.29, 1.82) is 0 Å². The van der Waals surface area contributed by atoms with Crippen LogP contribution in [-0.2, 0) is 11.2 Å². The number of morpholine rings is 1. The highest BCUT2D eigenvalue weighted by molar-refractivity contribution is 5.92. The number of ether oxygens (including phenoxy) is 1. The van der Waals surface area contributed by atoms with Gasteiger partial charge in [0.1, 0.15) is 5.69 Å². The lowest BCUT2D eigenvalue weighted by molar-refractivity contribution is 0.0332. The molecule has 1 atom stereocenters. The first-order chi connectivity index (χ1) is 11.8. The second-order valence-electron chi connectivity index (χ2n) is 5.98. The molecule has 1 aliphatic heterocycles. The summed E-state index contributed by atoms with van der Waals surface area (Å²) >= 11 is 0. The van der Waals surface area contributed by atoms with E-state index < -0.39 is 0 Å². The van der Waals surface area contributed by atoms with Gasteiger partial charge in [-0.15, -0.1) is 0 Å². The second-order valence-corrected chi connectivity index (χ2v) is 5.98. The van der Waals surface area contributed by atoms with Gasteiger partial charge < -0.3 is 10.1 Å². The Morgan fingerprint density at radius 1 is 1.33 bits per heavy atom. The molecule has 1 amide bonds. The summed E-state index contributed by atoms with van der Waals surface area (Å²) in [4.78, 5) is 14.9. The molecule has 24 heavy (non-hydrogen) atoms. The van der Waals surface area contributed by atoms with E-state index in [2.05, 4.69) is 20.4 Å². The molecule has 3 rings (SSSR count). The number of carbonyl (C=O) groups excluding carboxylic acids is 1. The lowest BCUT2D eigenvalue weighted by Crippen LogP contribution is -2.43. The maximum atomic E-state index is 12.6. The van der Waals surface area contributed by atoms with Crippen LogP contribution in [0.4, 0.5) is 0 Å². The average Bonchev–Trinajstić information content (AvgIpc) is 3.12. The van der Waals surface area contributed by atoms with Gasteiger partial charge >= 0.3 is 0 Å². The van der Waals surface area contributed by atoms with Gasteiger partial charge in [0.2, 0.25) is 0 Å². The molecule has 0 saturated carbocycles. The van der Waals surface area contributed by atoms with Crippen LogP contribution in [0.25, 0.3) is 0 Å². The van der Waals surface area contributed by atoms with Crippen molar-refractivity contribution in [3.8, 4) is 0 Å². The fraction of sp³-hybridized carbons (Fsp3) is 0.444. The summed E-state index contributed by atoms with van der Waals surface area (Å²) < 4.78 is 5.41. The number of aryl methyl sites for hydroxylation is 1. The van der Waals surface area contributed by atoms with Gasteiger partial charge in [-0.2, -0.15) is 5.10 Å². The van der Waals surface area contributed by atoms with Gasteiger partial charge in [0.05, 0.1) is 19.3 Å². The SMILES string of the molecule is CCc1cc(C(=O)NC(CN2CCOCC2)c2ccccc2)n[nH]1. The van der Waals surface area contributed by atoms with E-state index in [4.69, 9.17) is 4.74 Å². The highest BCUT2D eigenvalue weighted by Gasteiger charge is 2.21. The minimum atomic E-state index is -0.145. The molecule has 0 spiro atoms. The third kappa shape index (κ3) is 4.21. The molecule has 0 aliphatic carbocycles. The molecule has 1 fully saturated rings. The summed E-state index contributed by atoms with van der Waals surface area (Å²) in [5.41, 5.74) is 2.50. The van der Waals surface area contributed by atoms with Gasteiger partial charge in [0.25, 0.3) is 5.91 Å². The Balaban J connectivity index is 1.72. The van der Waals surface area contributed by atoms with Crippen LogP contribution in [0.3, 0.4) is 0 Å². The van der Waals surface area contributed by atoms with E-state index >= 15 is 0 Å². The zero-order chi connectivity index (χ0) is 16.8. The standard InChI is InChI=1S/C18H24N4O2/c1-2-15-12-16(21-20-15)18(23)19-17(14-6-4-3-5-7-14)13-22-8-10-24-11-9-22/h3-7,12,17H,2,8-11,13H2,1H3,(H,19,23)(H,20,21). The van der Waals surface area contributed by atoms with Gasteiger partial charge in [-0.3, -0.25) is 14.8 Å². The zero-order valence-electron chi connectivity index (χ0n) is 14.0. The number of nitrogens with one attached hydrogen (secondary N) is 2. The van der Waals surface area contributed by atoms with Crippen molar-refractivity contribution in [1.82, 2.24) is 20.4 Å². The summed E-state index contributed by atoms with van der Waals surface area (Å²) in [5, 5.41) is 10.1. The van der Waals surface area contributed by atoms with Crippen LogP contribution < -0.4 is 5.32 Å². The van der Waals surface area contributed by atoms with Crippen molar-refractivity contribution in [3.05, 3.63) is 53.3 Å². The predicted octanol–water partition coefficient (Wildman–Crippen LogP) is 1.78. The topological polar surface area (TPSA) is 70.2 Å². The number of H-pyrrole nitrogens is 1. The fourth-order valence-corrected chi connectivity index (χ4v) is 2.85. The largest absolute Gasteiger partial charge is 0.379 e. The van der Waals surface area contributed by atoms with Gasteiger partial charge in [-0.05, 0) is 18.1 Å². The number of aromatic nitrogens is 2. The third-order valence-corrected chi connectivity index (χ3v) is 4.30. The molecule has 0 radical (unpaired) electrons. The molecule has 6 nitrogen and oxygen atoms in total. The van der Waals surface area contributed by atoms with Crippen LogP contribution in [0, 0.1) is 0 Å². The molecule has 2 aromatic rings. The normalized spacial score (nSPS) is 16.7. The zero-order valence-corrected chi connectivity index (χ0v) is 14.0. The van der Waals surface area contributed by atoms with Gasteiger partial charge in [-0.1, -0.05) is 37.3 Å². The summed E-state index contributed by atoms with van der Waals surface area (Å²) in [6.45, 7) is 6.07. The highest BCUT2D eigenvalue weighted by atomic mass is 16.5. The summed E-state index contributed by atoms with van der Waals surface area (Å²) in [6, 6.07) is 11.8. The number of hydrogen-bond donors (Lipinski definition) is 2. The lowest BCUT2D eigenvalue weighted by Gasteiger charge is -2.31. The minimum Gasteiger partial charge on any atom is -0.379 e. The molecule has 2 N–H and O–H groups in total.